The standard InChI is InChI=1S/C17H14BrN5O2S/c18-11-4-6-13(7-5-11)23-15(24)9-14(16(23)25)26-17(19)22-21-10-12-3-1-2-8-20-12/h1-8,10,14H,9H2,(H2,19,22)/b21-10+. The first kappa shape index (κ1) is 18.3. The molecule has 2 heterocycles. The molecule has 7 nitrogen and oxygen atoms in total. The fourth-order valence-electron chi connectivity index (χ4n) is 2.32. The van der Waals surface area contributed by atoms with E-state index in [9.17, 15) is 9.59 Å². The average Bonchev–Trinajstić information content (AvgIpc) is 2.90. The number of rotatable bonds is 4. The summed E-state index contributed by atoms with van der Waals surface area (Å²) in [5.41, 5.74) is 7.00. The first-order valence-electron chi connectivity index (χ1n) is 7.61. The van der Waals surface area contributed by atoms with Crippen molar-refractivity contribution >= 4 is 56.6 Å². The molecule has 3 rings (SSSR count). The summed E-state index contributed by atoms with van der Waals surface area (Å²) in [6, 6.07) is 12.4. The van der Waals surface area contributed by atoms with Gasteiger partial charge in [0, 0.05) is 17.1 Å². The molecule has 1 aromatic heterocycles. The smallest absolute Gasteiger partial charge is 0.247 e. The van der Waals surface area contributed by atoms with Crippen molar-refractivity contribution in [1.29, 1.82) is 0 Å². The van der Waals surface area contributed by atoms with E-state index in [1.807, 2.05) is 6.07 Å². The quantitative estimate of drug-likeness (QED) is 0.346. The number of halogens is 1. The Hall–Kier alpha value is -2.52. The molecule has 2 N–H and O–H groups in total. The molecule has 1 unspecified atom stereocenters. The normalized spacial score (nSPS) is 18.1. The molecule has 26 heavy (non-hydrogen) atoms. The molecular weight excluding hydrogens is 418 g/mol. The van der Waals surface area contributed by atoms with Crippen LogP contribution >= 0.6 is 27.7 Å². The number of nitrogens with zero attached hydrogens (tertiary/aromatic N) is 4. The molecule has 2 amide bonds. The maximum Gasteiger partial charge on any atom is 0.247 e. The summed E-state index contributed by atoms with van der Waals surface area (Å²) in [7, 11) is 0. The molecule has 1 atom stereocenters. The van der Waals surface area contributed by atoms with Gasteiger partial charge in [-0.3, -0.25) is 14.6 Å². The molecule has 1 fully saturated rings. The first-order chi connectivity index (χ1) is 12.5. The van der Waals surface area contributed by atoms with Gasteiger partial charge in [-0.2, -0.15) is 5.10 Å². The highest BCUT2D eigenvalue weighted by Crippen LogP contribution is 2.30. The van der Waals surface area contributed by atoms with Crippen LogP contribution in [-0.2, 0) is 9.59 Å². The molecule has 9 heteroatoms. The number of amidine groups is 1. The highest BCUT2D eigenvalue weighted by Gasteiger charge is 2.40. The van der Waals surface area contributed by atoms with Gasteiger partial charge in [0.2, 0.25) is 11.8 Å². The van der Waals surface area contributed by atoms with Crippen molar-refractivity contribution < 1.29 is 9.59 Å². The lowest BCUT2D eigenvalue weighted by molar-refractivity contribution is -0.121. The number of amides is 2. The number of carbonyl (C=O) groups is 2. The number of nitrogens with two attached hydrogens (primary N) is 1. The van der Waals surface area contributed by atoms with Gasteiger partial charge < -0.3 is 5.73 Å². The molecule has 1 aliphatic rings. The number of thioether (sulfide) groups is 1. The second-order valence-corrected chi connectivity index (χ2v) is 7.43. The number of imide groups is 1. The van der Waals surface area contributed by atoms with Gasteiger partial charge in [-0.25, -0.2) is 4.90 Å². The van der Waals surface area contributed by atoms with Crippen LogP contribution in [0, 0.1) is 0 Å². The topological polar surface area (TPSA) is 101 Å². The number of benzene rings is 1. The number of aromatic nitrogens is 1. The fourth-order valence-corrected chi connectivity index (χ4v) is 3.41. The molecule has 1 saturated heterocycles. The number of carbonyl (C=O) groups excluding carboxylic acids is 2. The summed E-state index contributed by atoms with van der Waals surface area (Å²) < 4.78 is 0.869. The third kappa shape index (κ3) is 4.36. The van der Waals surface area contributed by atoms with Crippen LogP contribution < -0.4 is 10.6 Å². The Balaban J connectivity index is 1.66. The lowest BCUT2D eigenvalue weighted by Gasteiger charge is -2.14. The zero-order chi connectivity index (χ0) is 18.5. The van der Waals surface area contributed by atoms with E-state index in [1.54, 1.807) is 42.6 Å². The van der Waals surface area contributed by atoms with Crippen molar-refractivity contribution in [2.45, 2.75) is 11.7 Å². The van der Waals surface area contributed by atoms with E-state index in [1.165, 1.54) is 11.1 Å². The molecular formula is C17H14BrN5O2S. The molecule has 0 saturated carbocycles. The third-order valence-corrected chi connectivity index (χ3v) is 4.99. The Bertz CT molecular complexity index is 870. The molecule has 1 aromatic carbocycles. The Morgan fingerprint density at radius 3 is 2.73 bits per heavy atom. The van der Waals surface area contributed by atoms with Gasteiger partial charge in [-0.15, -0.1) is 5.10 Å². The second-order valence-electron chi connectivity index (χ2n) is 5.29. The van der Waals surface area contributed by atoms with E-state index < -0.39 is 5.25 Å². The van der Waals surface area contributed by atoms with Gasteiger partial charge in [0.25, 0.3) is 0 Å². The Labute approximate surface area is 162 Å². The van der Waals surface area contributed by atoms with Gasteiger partial charge >= 0.3 is 0 Å². The summed E-state index contributed by atoms with van der Waals surface area (Å²) in [5, 5.41) is 7.21. The number of hydrogen-bond donors (Lipinski definition) is 1. The van der Waals surface area contributed by atoms with Crippen LogP contribution in [0.3, 0.4) is 0 Å². The minimum Gasteiger partial charge on any atom is -0.377 e. The van der Waals surface area contributed by atoms with Crippen LogP contribution in [0.5, 0.6) is 0 Å². The predicted molar refractivity (Wildman–Crippen MR) is 106 cm³/mol. The van der Waals surface area contributed by atoms with Crippen molar-refractivity contribution in [2.75, 3.05) is 4.90 Å². The Kier molecular flexibility index (Phi) is 5.79. The zero-order valence-corrected chi connectivity index (χ0v) is 15.9. The Morgan fingerprint density at radius 2 is 2.04 bits per heavy atom. The summed E-state index contributed by atoms with van der Waals surface area (Å²) in [6.45, 7) is 0. The van der Waals surface area contributed by atoms with Crippen LogP contribution in [-0.4, -0.2) is 33.4 Å². The Morgan fingerprint density at radius 1 is 1.27 bits per heavy atom. The number of pyridine rings is 1. The van der Waals surface area contributed by atoms with Gasteiger partial charge in [0.05, 0.1) is 17.6 Å². The molecule has 0 bridgehead atoms. The van der Waals surface area contributed by atoms with Crippen LogP contribution in [0.2, 0.25) is 0 Å². The molecule has 2 aromatic rings. The molecule has 132 valence electrons. The lowest BCUT2D eigenvalue weighted by Crippen LogP contribution is -2.31. The van der Waals surface area contributed by atoms with Gasteiger partial charge in [-0.1, -0.05) is 33.8 Å². The summed E-state index contributed by atoms with van der Waals surface area (Å²) in [4.78, 5) is 30.0. The summed E-state index contributed by atoms with van der Waals surface area (Å²) in [5.74, 6) is -0.575. The minimum absolute atomic E-state index is 0.0692. The van der Waals surface area contributed by atoms with E-state index in [2.05, 4.69) is 31.1 Å². The van der Waals surface area contributed by atoms with E-state index in [0.29, 0.717) is 11.4 Å². The number of hydrogen-bond acceptors (Lipinski definition) is 6. The van der Waals surface area contributed by atoms with Crippen LogP contribution in [0.4, 0.5) is 5.69 Å². The van der Waals surface area contributed by atoms with E-state index >= 15 is 0 Å². The van der Waals surface area contributed by atoms with E-state index in [-0.39, 0.29) is 23.4 Å². The second kappa shape index (κ2) is 8.24. The summed E-state index contributed by atoms with van der Waals surface area (Å²) >= 11 is 4.36. The van der Waals surface area contributed by atoms with Crippen molar-refractivity contribution in [3.63, 3.8) is 0 Å². The van der Waals surface area contributed by atoms with Crippen molar-refractivity contribution in [3.05, 3.63) is 58.8 Å². The van der Waals surface area contributed by atoms with Crippen LogP contribution in [0.1, 0.15) is 12.1 Å². The lowest BCUT2D eigenvalue weighted by atomic mass is 10.3. The summed E-state index contributed by atoms with van der Waals surface area (Å²) in [6.07, 6.45) is 3.17. The minimum atomic E-state index is -0.611. The highest BCUT2D eigenvalue weighted by atomic mass is 79.9. The largest absolute Gasteiger partial charge is 0.377 e. The van der Waals surface area contributed by atoms with E-state index in [0.717, 1.165) is 16.2 Å². The van der Waals surface area contributed by atoms with Gasteiger partial charge in [0.15, 0.2) is 5.17 Å². The molecule has 0 aliphatic carbocycles. The molecule has 0 spiro atoms. The fraction of sp³-hybridized carbons (Fsp3) is 0.118. The molecule has 1 aliphatic heterocycles. The maximum atomic E-state index is 12.5. The van der Waals surface area contributed by atoms with Gasteiger partial charge in [-0.05, 0) is 36.4 Å². The van der Waals surface area contributed by atoms with Crippen LogP contribution in [0.15, 0.2) is 63.3 Å². The predicted octanol–water partition coefficient (Wildman–Crippen LogP) is 2.56. The zero-order valence-electron chi connectivity index (χ0n) is 13.4. The van der Waals surface area contributed by atoms with Gasteiger partial charge in [0.1, 0.15) is 5.25 Å². The highest BCUT2D eigenvalue weighted by molar-refractivity contribution is 9.10. The SMILES string of the molecule is N/C(=N\N=C\c1ccccn1)SC1CC(=O)N(c2ccc(Br)cc2)C1=O. The molecule has 0 radical (unpaired) electrons. The van der Waals surface area contributed by atoms with Crippen LogP contribution in [0.25, 0.3) is 0 Å². The van der Waals surface area contributed by atoms with Crippen molar-refractivity contribution in [2.24, 2.45) is 15.9 Å². The third-order valence-electron chi connectivity index (χ3n) is 3.49. The van der Waals surface area contributed by atoms with Crippen molar-refractivity contribution in [1.82, 2.24) is 4.98 Å². The average molecular weight is 432 g/mol. The first-order valence-corrected chi connectivity index (χ1v) is 9.28. The number of anilines is 1. The van der Waals surface area contributed by atoms with Crippen molar-refractivity contribution in [3.8, 4) is 0 Å². The van der Waals surface area contributed by atoms with E-state index in [4.69, 9.17) is 5.73 Å². The monoisotopic (exact) mass is 431 g/mol. The maximum absolute atomic E-state index is 12.5.